The van der Waals surface area contributed by atoms with Gasteiger partial charge >= 0.3 is 0 Å². The molecule has 0 radical (unpaired) electrons. The predicted molar refractivity (Wildman–Crippen MR) is 135 cm³/mol. The van der Waals surface area contributed by atoms with Crippen LogP contribution in [-0.2, 0) is 16.0 Å². The largest absolute Gasteiger partial charge is 0.494 e. The maximum atomic E-state index is 14.0. The molecule has 1 aliphatic carbocycles. The van der Waals surface area contributed by atoms with Gasteiger partial charge in [0.05, 0.1) is 12.2 Å². The summed E-state index contributed by atoms with van der Waals surface area (Å²) in [5.41, 5.74) is 4.13. The smallest absolute Gasteiger partial charge is 0.278 e. The van der Waals surface area contributed by atoms with Gasteiger partial charge in [-0.3, -0.25) is 14.5 Å². The molecule has 1 saturated carbocycles. The fourth-order valence-electron chi connectivity index (χ4n) is 5.58. The maximum absolute atomic E-state index is 14.0. The number of fused-ring (bicyclic) bond motifs is 1. The summed E-state index contributed by atoms with van der Waals surface area (Å²) in [5, 5.41) is 0. The molecule has 3 aliphatic rings. The van der Waals surface area contributed by atoms with E-state index in [1.165, 1.54) is 24.8 Å². The second kappa shape index (κ2) is 10.0. The van der Waals surface area contributed by atoms with Crippen LogP contribution in [0.1, 0.15) is 69.4 Å². The van der Waals surface area contributed by atoms with Crippen LogP contribution in [0.15, 0.2) is 54.2 Å². The van der Waals surface area contributed by atoms with Gasteiger partial charge in [0.1, 0.15) is 11.4 Å². The number of nitrogens with zero attached hydrogens (tertiary/aromatic N) is 2. The Kier molecular flexibility index (Phi) is 6.70. The van der Waals surface area contributed by atoms with E-state index in [2.05, 4.69) is 24.0 Å². The number of carbonyl (C=O) groups is 2. The molecule has 2 amide bonds. The third-order valence-electron chi connectivity index (χ3n) is 7.30. The molecule has 5 heteroatoms. The topological polar surface area (TPSA) is 49.9 Å². The van der Waals surface area contributed by atoms with Crippen molar-refractivity contribution >= 4 is 23.1 Å². The molecule has 0 saturated heterocycles. The Balaban J connectivity index is 1.54. The molecule has 2 aromatic carbocycles. The van der Waals surface area contributed by atoms with Gasteiger partial charge in [0, 0.05) is 18.3 Å². The second-order valence-electron chi connectivity index (χ2n) is 9.61. The highest BCUT2D eigenvalue weighted by atomic mass is 16.5. The highest BCUT2D eigenvalue weighted by Crippen LogP contribution is 2.40. The van der Waals surface area contributed by atoms with Crippen LogP contribution in [0.4, 0.5) is 5.69 Å². The highest BCUT2D eigenvalue weighted by molar-refractivity contribution is 6.37. The van der Waals surface area contributed by atoms with E-state index >= 15 is 0 Å². The van der Waals surface area contributed by atoms with E-state index in [-0.39, 0.29) is 17.9 Å². The van der Waals surface area contributed by atoms with Gasteiger partial charge in [0.2, 0.25) is 0 Å². The summed E-state index contributed by atoms with van der Waals surface area (Å²) >= 11 is 0. The molecule has 5 nitrogen and oxygen atoms in total. The van der Waals surface area contributed by atoms with E-state index in [0.717, 1.165) is 55.5 Å². The van der Waals surface area contributed by atoms with E-state index < -0.39 is 0 Å². The molecule has 0 aromatic heterocycles. The molecule has 1 fully saturated rings. The minimum atomic E-state index is -0.141. The Labute approximate surface area is 202 Å². The van der Waals surface area contributed by atoms with E-state index in [0.29, 0.717) is 24.4 Å². The first-order valence-corrected chi connectivity index (χ1v) is 12.9. The van der Waals surface area contributed by atoms with Crippen LogP contribution in [0.3, 0.4) is 0 Å². The summed E-state index contributed by atoms with van der Waals surface area (Å²) in [6.07, 6.45) is 9.37. The number of anilines is 1. The first-order chi connectivity index (χ1) is 16.7. The number of amides is 2. The van der Waals surface area contributed by atoms with Gasteiger partial charge in [-0.2, -0.15) is 0 Å². The van der Waals surface area contributed by atoms with Crippen LogP contribution >= 0.6 is 0 Å². The number of benzene rings is 2. The van der Waals surface area contributed by atoms with E-state index in [1.807, 2.05) is 36.4 Å². The molecule has 0 bridgehead atoms. The van der Waals surface area contributed by atoms with Crippen LogP contribution in [-0.4, -0.2) is 35.9 Å². The van der Waals surface area contributed by atoms with Crippen molar-refractivity contribution in [3.63, 3.8) is 0 Å². The van der Waals surface area contributed by atoms with Crippen molar-refractivity contribution in [3.8, 4) is 5.75 Å². The molecule has 5 rings (SSSR count). The normalized spacial score (nSPS) is 19.4. The van der Waals surface area contributed by atoms with E-state index in [4.69, 9.17) is 4.74 Å². The third kappa shape index (κ3) is 4.24. The lowest BCUT2D eigenvalue weighted by molar-refractivity contribution is -0.140. The summed E-state index contributed by atoms with van der Waals surface area (Å²) in [7, 11) is 0. The molecule has 0 atom stereocenters. The van der Waals surface area contributed by atoms with Crippen LogP contribution in [0.5, 0.6) is 5.75 Å². The van der Waals surface area contributed by atoms with Crippen LogP contribution in [0.25, 0.3) is 5.57 Å². The highest BCUT2D eigenvalue weighted by Gasteiger charge is 2.45. The Morgan fingerprint density at radius 2 is 1.59 bits per heavy atom. The van der Waals surface area contributed by atoms with E-state index in [9.17, 15) is 9.59 Å². The minimum Gasteiger partial charge on any atom is -0.494 e. The number of ether oxygens (including phenoxy) is 1. The molecule has 2 aromatic rings. The number of carbonyl (C=O) groups excluding carboxylic acids is 2. The van der Waals surface area contributed by atoms with Gasteiger partial charge in [-0.25, -0.2) is 0 Å². The van der Waals surface area contributed by atoms with Crippen molar-refractivity contribution < 1.29 is 14.3 Å². The Hall–Kier alpha value is -3.08. The van der Waals surface area contributed by atoms with Crippen LogP contribution in [0.2, 0.25) is 0 Å². The van der Waals surface area contributed by atoms with E-state index in [1.54, 1.807) is 4.90 Å². The molecule has 0 unspecified atom stereocenters. The maximum Gasteiger partial charge on any atom is 0.278 e. The second-order valence-corrected chi connectivity index (χ2v) is 9.61. The predicted octanol–water partition coefficient (Wildman–Crippen LogP) is 5.73. The number of para-hydroxylation sites is 1. The van der Waals surface area contributed by atoms with Gasteiger partial charge in [-0.1, -0.05) is 69.4 Å². The quantitative estimate of drug-likeness (QED) is 0.519. The summed E-state index contributed by atoms with van der Waals surface area (Å²) in [6, 6.07) is 15.9. The number of imide groups is 1. The summed E-state index contributed by atoms with van der Waals surface area (Å²) in [6.45, 7) is 3.45. The van der Waals surface area contributed by atoms with Crippen LogP contribution in [0, 0.1) is 0 Å². The molecule has 0 N–H and O–H groups in total. The molecule has 0 spiro atoms. The van der Waals surface area contributed by atoms with Crippen molar-refractivity contribution in [2.45, 2.75) is 70.8 Å². The molecule has 2 aliphatic heterocycles. The van der Waals surface area contributed by atoms with Crippen molar-refractivity contribution in [2.75, 3.05) is 18.1 Å². The zero-order valence-electron chi connectivity index (χ0n) is 20.1. The van der Waals surface area contributed by atoms with Crippen LogP contribution < -0.4 is 9.64 Å². The average Bonchev–Trinajstić information content (AvgIpc) is 3.36. The third-order valence-corrected chi connectivity index (χ3v) is 7.30. The summed E-state index contributed by atoms with van der Waals surface area (Å²) in [4.78, 5) is 31.6. The fourth-order valence-corrected chi connectivity index (χ4v) is 5.58. The zero-order valence-corrected chi connectivity index (χ0v) is 20.1. The SMILES string of the molecule is CCCOc1ccc(C2=C(N3CCc4ccccc43)C(=O)N(C3CCCCCCC3)C2=O)cc1. The van der Waals surface area contributed by atoms with Gasteiger partial charge in [0.25, 0.3) is 11.8 Å². The lowest BCUT2D eigenvalue weighted by atomic mass is 9.95. The van der Waals surface area contributed by atoms with Gasteiger partial charge < -0.3 is 9.64 Å². The molecule has 2 heterocycles. The molecular formula is C29H34N2O3. The summed E-state index contributed by atoms with van der Waals surface area (Å²) < 4.78 is 5.75. The molecule has 178 valence electrons. The van der Waals surface area contributed by atoms with Gasteiger partial charge in [-0.15, -0.1) is 0 Å². The lowest BCUT2D eigenvalue weighted by Crippen LogP contribution is -2.42. The number of hydrogen-bond donors (Lipinski definition) is 0. The van der Waals surface area contributed by atoms with Gasteiger partial charge in [0.15, 0.2) is 0 Å². The van der Waals surface area contributed by atoms with Crippen molar-refractivity contribution in [1.82, 2.24) is 4.90 Å². The molecule has 34 heavy (non-hydrogen) atoms. The lowest BCUT2D eigenvalue weighted by Gasteiger charge is -2.29. The number of hydrogen-bond acceptors (Lipinski definition) is 4. The van der Waals surface area contributed by atoms with Gasteiger partial charge in [-0.05, 0) is 55.0 Å². The first kappa shape index (κ1) is 22.7. The number of rotatable bonds is 6. The van der Waals surface area contributed by atoms with Crippen molar-refractivity contribution in [3.05, 3.63) is 65.4 Å². The zero-order chi connectivity index (χ0) is 23.5. The molecular weight excluding hydrogens is 424 g/mol. The van der Waals surface area contributed by atoms with Crippen molar-refractivity contribution in [2.24, 2.45) is 0 Å². The Morgan fingerprint density at radius 1 is 0.882 bits per heavy atom. The monoisotopic (exact) mass is 458 g/mol. The Bertz CT molecular complexity index is 1080. The summed E-state index contributed by atoms with van der Waals surface area (Å²) in [5.74, 6) is 0.513. The first-order valence-electron chi connectivity index (χ1n) is 12.9. The van der Waals surface area contributed by atoms with Crippen molar-refractivity contribution in [1.29, 1.82) is 0 Å². The minimum absolute atomic E-state index is 0.0159. The standard InChI is InChI=1S/C29H34N2O3/c1-2-20-34-24-16-14-22(15-17-24)26-27(30-19-18-21-10-8-9-13-25(21)30)29(33)31(28(26)32)23-11-6-4-3-5-7-12-23/h8-10,13-17,23H,2-7,11-12,18-20H2,1H3. The Morgan fingerprint density at radius 3 is 2.32 bits per heavy atom. The fraction of sp³-hybridized carbons (Fsp3) is 0.448. The average molecular weight is 459 g/mol.